The number of rotatable bonds is 12. The van der Waals surface area contributed by atoms with Crippen LogP contribution >= 0.6 is 11.6 Å². The van der Waals surface area contributed by atoms with Crippen LogP contribution in [0.4, 0.5) is 5.69 Å². The van der Waals surface area contributed by atoms with Crippen molar-refractivity contribution in [3.63, 3.8) is 0 Å². The molecule has 2 unspecified atom stereocenters. The Balaban J connectivity index is 0.708. The Labute approximate surface area is 375 Å². The van der Waals surface area contributed by atoms with Gasteiger partial charge in [-0.2, -0.15) is 0 Å². The third kappa shape index (κ3) is 8.15. The number of hydrogen-bond acceptors (Lipinski definition) is 11. The lowest BCUT2D eigenvalue weighted by Gasteiger charge is -2.47. The molecule has 4 fully saturated rings. The van der Waals surface area contributed by atoms with Gasteiger partial charge in [0, 0.05) is 74.5 Å². The van der Waals surface area contributed by atoms with E-state index in [0.717, 1.165) is 81.0 Å². The summed E-state index contributed by atoms with van der Waals surface area (Å²) in [5.74, 6) is 0.567. The first-order valence-corrected chi connectivity index (χ1v) is 22.9. The number of ether oxygens (including phenoxy) is 1. The van der Waals surface area contributed by atoms with Crippen molar-refractivity contribution < 1.29 is 33.5 Å². The van der Waals surface area contributed by atoms with Gasteiger partial charge in [0.05, 0.1) is 45.3 Å². The van der Waals surface area contributed by atoms with E-state index in [1.54, 1.807) is 36.5 Å². The molecule has 0 spiro atoms. The van der Waals surface area contributed by atoms with Crippen LogP contribution in [0.1, 0.15) is 107 Å². The summed E-state index contributed by atoms with van der Waals surface area (Å²) in [6, 6.07) is 19.4. The number of fused-ring (bicyclic) bond motifs is 2. The first-order valence-electron chi connectivity index (χ1n) is 22.5. The minimum atomic E-state index is -0.877. The average molecular weight is 881 g/mol. The highest BCUT2D eigenvalue weighted by molar-refractivity contribution is 6.35. The number of piperazine rings is 1. The van der Waals surface area contributed by atoms with Gasteiger partial charge < -0.3 is 14.6 Å². The molecule has 3 aliphatic carbocycles. The second kappa shape index (κ2) is 17.5. The van der Waals surface area contributed by atoms with E-state index in [9.17, 15) is 28.8 Å². The first-order chi connectivity index (χ1) is 31.1. The van der Waals surface area contributed by atoms with Crippen LogP contribution in [0.5, 0.6) is 11.5 Å². The number of para-hydroxylation sites is 1. The number of benzene rings is 3. The quantitative estimate of drug-likeness (QED) is 0.0739. The average Bonchev–Trinajstić information content (AvgIpc) is 3.83. The number of H-pyrrole nitrogens is 1. The first kappa shape index (κ1) is 41.9. The lowest BCUT2D eigenvalue weighted by molar-refractivity contribution is -0.132. The van der Waals surface area contributed by atoms with Crippen molar-refractivity contribution in [3.05, 3.63) is 112 Å². The summed E-state index contributed by atoms with van der Waals surface area (Å²) < 4.78 is 5.92. The van der Waals surface area contributed by atoms with E-state index in [1.807, 2.05) is 36.4 Å². The summed E-state index contributed by atoms with van der Waals surface area (Å²) >= 11 is 6.66. The molecule has 3 aromatic carbocycles. The van der Waals surface area contributed by atoms with Gasteiger partial charge in [0.1, 0.15) is 35.0 Å². The predicted octanol–water partition coefficient (Wildman–Crippen LogP) is 7.83. The summed E-state index contributed by atoms with van der Waals surface area (Å²) in [7, 11) is 0. The summed E-state index contributed by atoms with van der Waals surface area (Å²) in [5.41, 5.74) is 3.72. The zero-order valence-corrected chi connectivity index (χ0v) is 36.2. The van der Waals surface area contributed by atoms with E-state index in [4.69, 9.17) is 16.3 Å². The Morgan fingerprint density at radius 1 is 0.797 bits per heavy atom. The minimum Gasteiger partial charge on any atom is -0.457 e. The molecule has 5 aromatic rings. The molecule has 328 valence electrons. The highest BCUT2D eigenvalue weighted by atomic mass is 35.5. The summed E-state index contributed by atoms with van der Waals surface area (Å²) in [6.45, 7) is 3.29. The van der Waals surface area contributed by atoms with Gasteiger partial charge in [-0.3, -0.25) is 38.6 Å². The number of aromatic nitrogens is 3. The van der Waals surface area contributed by atoms with Crippen molar-refractivity contribution in [2.24, 2.45) is 17.8 Å². The molecule has 2 amide bonds. The molecule has 10 rings (SSSR count). The molecule has 2 aliphatic heterocycles. The lowest BCUT2D eigenvalue weighted by atomic mass is 9.71. The van der Waals surface area contributed by atoms with Gasteiger partial charge in [0.2, 0.25) is 0 Å². The maximum atomic E-state index is 14.0. The van der Waals surface area contributed by atoms with E-state index in [0.29, 0.717) is 75.4 Å². The number of nitrogens with one attached hydrogen (secondary N) is 1. The largest absolute Gasteiger partial charge is 0.457 e. The molecule has 1 saturated heterocycles. The van der Waals surface area contributed by atoms with Crippen molar-refractivity contribution in [2.45, 2.75) is 82.7 Å². The molecule has 3 saturated carbocycles. The fraction of sp³-hybridized carbons (Fsp3) is 0.400. The molecular formula is C50H49ClN6O7. The lowest BCUT2D eigenvalue weighted by Crippen LogP contribution is -2.54. The Kier molecular flexibility index (Phi) is 11.5. The van der Waals surface area contributed by atoms with Gasteiger partial charge in [0.15, 0.2) is 11.6 Å². The molecular weight excluding hydrogens is 832 g/mol. The number of nitrogens with zero attached hydrogens (tertiary/aromatic N) is 5. The van der Waals surface area contributed by atoms with Gasteiger partial charge in [-0.15, -0.1) is 0 Å². The Bertz CT molecular complexity index is 2690. The van der Waals surface area contributed by atoms with Crippen molar-refractivity contribution >= 4 is 63.3 Å². The molecule has 0 radical (unpaired) electrons. The number of ketones is 4. The van der Waals surface area contributed by atoms with Gasteiger partial charge in [-0.05, 0) is 92.8 Å². The van der Waals surface area contributed by atoms with Crippen LogP contribution in [0.15, 0.2) is 79.3 Å². The smallest absolute Gasteiger partial charge is 0.262 e. The van der Waals surface area contributed by atoms with Crippen LogP contribution in [-0.2, 0) is 20.8 Å². The number of carbonyl (C=O) groups excluding carboxylic acids is 6. The fourth-order valence-corrected chi connectivity index (χ4v) is 11.0. The maximum Gasteiger partial charge on any atom is 0.262 e. The van der Waals surface area contributed by atoms with Crippen molar-refractivity contribution in [2.75, 3.05) is 31.1 Å². The van der Waals surface area contributed by atoms with Crippen LogP contribution in [0, 0.1) is 17.8 Å². The zero-order valence-electron chi connectivity index (χ0n) is 35.5. The molecule has 13 nitrogen and oxygen atoms in total. The third-order valence-corrected chi connectivity index (χ3v) is 14.5. The van der Waals surface area contributed by atoms with Gasteiger partial charge in [0.25, 0.3) is 11.8 Å². The SMILES string of the molecule is O=C1CCC(N2C(=O)c3ccc(N4CCN(C5CC(CC(=O)C6CCC[C@@H](Cc7ncnc8[nH]cc(C(=O)c9ccc(Oc%10ccccc%10)cc9Cl)c78)C6)C5)CC4)cc3C2=O)C(=O)C1. The van der Waals surface area contributed by atoms with Crippen LogP contribution in [0.2, 0.25) is 5.02 Å². The van der Waals surface area contributed by atoms with E-state index in [2.05, 4.69) is 24.8 Å². The number of amides is 2. The van der Waals surface area contributed by atoms with Gasteiger partial charge >= 0.3 is 0 Å². The molecule has 64 heavy (non-hydrogen) atoms. The monoisotopic (exact) mass is 880 g/mol. The second-order valence-electron chi connectivity index (χ2n) is 18.2. The molecule has 3 atom stereocenters. The fourth-order valence-electron chi connectivity index (χ4n) is 10.7. The van der Waals surface area contributed by atoms with Gasteiger partial charge in [-0.25, -0.2) is 9.97 Å². The van der Waals surface area contributed by atoms with E-state index in [1.165, 1.54) is 6.33 Å². The normalized spacial score (nSPS) is 23.9. The molecule has 14 heteroatoms. The summed E-state index contributed by atoms with van der Waals surface area (Å²) in [6.07, 6.45) is 10.3. The van der Waals surface area contributed by atoms with E-state index < -0.39 is 17.9 Å². The zero-order chi connectivity index (χ0) is 44.1. The van der Waals surface area contributed by atoms with E-state index in [-0.39, 0.29) is 53.5 Å². The third-order valence-electron chi connectivity index (χ3n) is 14.2. The van der Waals surface area contributed by atoms with Crippen LogP contribution in [0.25, 0.3) is 11.0 Å². The number of anilines is 1. The molecule has 4 heterocycles. The highest BCUT2D eigenvalue weighted by Crippen LogP contribution is 2.40. The second-order valence-corrected chi connectivity index (χ2v) is 18.6. The maximum absolute atomic E-state index is 14.0. The number of imide groups is 1. The number of hydrogen-bond donors (Lipinski definition) is 1. The van der Waals surface area contributed by atoms with E-state index >= 15 is 0 Å². The van der Waals surface area contributed by atoms with Crippen molar-refractivity contribution in [3.8, 4) is 11.5 Å². The summed E-state index contributed by atoms with van der Waals surface area (Å²) in [4.78, 5) is 96.8. The standard InChI is InChI=1S/C50H49ClN6O7/c51-41-26-36(64-35-7-2-1-3-8-35)11-13-38(41)47(61)40-27-52-48-46(40)42(53-28-54-48)22-29-5-4-6-31(19-29)44(59)23-30-20-33(21-30)56-17-15-55(16-18-56)32-9-12-37-39(24-32)50(63)57(49(37)62)43-14-10-34(58)25-45(43)60/h1-3,7-9,11-13,24,26-31,33,43H,4-6,10,14-23,25H2,(H,52,53,54)/t29-,30?,31?,33?,43?/m1/s1. The number of halogens is 1. The number of aromatic amines is 1. The number of Topliss-reactive ketones (excluding diaryl/α,β-unsaturated/α-hetero) is 3. The molecule has 1 N–H and O–H groups in total. The molecule has 2 aromatic heterocycles. The van der Waals surface area contributed by atoms with Crippen LogP contribution in [0.3, 0.4) is 0 Å². The van der Waals surface area contributed by atoms with Gasteiger partial charge in [-0.1, -0.05) is 42.6 Å². The number of carbonyl (C=O) groups is 6. The Morgan fingerprint density at radius 3 is 2.38 bits per heavy atom. The van der Waals surface area contributed by atoms with Crippen LogP contribution < -0.4 is 9.64 Å². The highest BCUT2D eigenvalue weighted by Gasteiger charge is 2.45. The summed E-state index contributed by atoms with van der Waals surface area (Å²) in [5, 5.41) is 0.985. The molecule has 5 aliphatic rings. The van der Waals surface area contributed by atoms with Crippen LogP contribution in [-0.4, -0.2) is 98.0 Å². The minimum absolute atomic E-state index is 0.0235. The Morgan fingerprint density at radius 2 is 1.59 bits per heavy atom. The molecule has 0 bridgehead atoms. The Hall–Kier alpha value is -6.05. The van der Waals surface area contributed by atoms with Crippen molar-refractivity contribution in [1.29, 1.82) is 0 Å². The predicted molar refractivity (Wildman–Crippen MR) is 239 cm³/mol. The topological polar surface area (TPSA) is 163 Å². The van der Waals surface area contributed by atoms with Crippen molar-refractivity contribution in [1.82, 2.24) is 24.8 Å².